The molecule has 0 amide bonds. The van der Waals surface area contributed by atoms with Crippen molar-refractivity contribution in [1.29, 1.82) is 0 Å². The summed E-state index contributed by atoms with van der Waals surface area (Å²) in [6.45, 7) is 1.81. The molecular weight excluding hydrogens is 394 g/mol. The monoisotopic (exact) mass is 419 g/mol. The Morgan fingerprint density at radius 2 is 2.10 bits per heavy atom. The van der Waals surface area contributed by atoms with Crippen LogP contribution in [0.25, 0.3) is 0 Å². The van der Waals surface area contributed by atoms with Gasteiger partial charge in [0.05, 0.1) is 17.3 Å². The maximum atomic E-state index is 12.9. The van der Waals surface area contributed by atoms with E-state index in [-0.39, 0.29) is 24.0 Å². The summed E-state index contributed by atoms with van der Waals surface area (Å²) in [6.07, 6.45) is 4.74. The van der Waals surface area contributed by atoms with Gasteiger partial charge in [0, 0.05) is 24.6 Å². The number of benzene rings is 1. The smallest absolute Gasteiger partial charge is 0.306 e. The number of rotatable bonds is 4. The molecule has 2 heterocycles. The summed E-state index contributed by atoms with van der Waals surface area (Å²) in [5.41, 5.74) is -0.0252. The third kappa shape index (κ3) is 2.31. The molecular formula is C21H25NO6S. The second-order valence-corrected chi connectivity index (χ2v) is 11.1. The van der Waals surface area contributed by atoms with Crippen molar-refractivity contribution in [2.24, 2.45) is 5.92 Å². The van der Waals surface area contributed by atoms with Crippen LogP contribution in [0, 0.1) is 5.92 Å². The van der Waals surface area contributed by atoms with Crippen LogP contribution >= 0.6 is 0 Å². The van der Waals surface area contributed by atoms with Crippen molar-refractivity contribution in [2.45, 2.75) is 61.7 Å². The zero-order valence-corrected chi connectivity index (χ0v) is 17.2. The van der Waals surface area contributed by atoms with E-state index in [9.17, 15) is 18.3 Å². The number of piperidine rings is 1. The predicted octanol–water partition coefficient (Wildman–Crippen LogP) is 1.16. The molecule has 29 heavy (non-hydrogen) atoms. The SMILES string of the molecule is CS(=O)(=O)Oc1ccc2c3c1O[C@H]1C(=O)CC[C@@]4(O)[C@@H](C2)N(CC2CC2)CC[C@]314. The van der Waals surface area contributed by atoms with Crippen LogP contribution in [0.2, 0.25) is 0 Å². The van der Waals surface area contributed by atoms with Gasteiger partial charge in [0.2, 0.25) is 0 Å². The minimum atomic E-state index is -3.74. The molecule has 8 heteroatoms. The Labute approximate surface area is 170 Å². The van der Waals surface area contributed by atoms with Crippen molar-refractivity contribution < 1.29 is 27.2 Å². The molecule has 2 aliphatic heterocycles. The largest absolute Gasteiger partial charge is 0.477 e. The minimum Gasteiger partial charge on any atom is -0.477 e. The van der Waals surface area contributed by atoms with E-state index in [1.807, 2.05) is 6.07 Å². The van der Waals surface area contributed by atoms with E-state index in [1.54, 1.807) is 6.07 Å². The van der Waals surface area contributed by atoms with E-state index in [4.69, 9.17) is 8.92 Å². The number of carbonyl (C=O) groups is 1. The number of carbonyl (C=O) groups excluding carboxylic acids is 1. The number of aliphatic hydroxyl groups is 1. The molecule has 3 aliphatic carbocycles. The van der Waals surface area contributed by atoms with Crippen LogP contribution < -0.4 is 8.92 Å². The Bertz CT molecular complexity index is 1030. The average Bonchev–Trinajstić information content (AvgIpc) is 3.38. The lowest BCUT2D eigenvalue weighted by atomic mass is 9.49. The Hall–Kier alpha value is -1.64. The molecule has 0 unspecified atom stereocenters. The van der Waals surface area contributed by atoms with Crippen molar-refractivity contribution >= 4 is 15.9 Å². The van der Waals surface area contributed by atoms with Gasteiger partial charge in [0.25, 0.3) is 0 Å². The van der Waals surface area contributed by atoms with Gasteiger partial charge >= 0.3 is 10.1 Å². The molecule has 0 radical (unpaired) electrons. The fourth-order valence-corrected chi connectivity index (χ4v) is 6.94. The van der Waals surface area contributed by atoms with E-state index in [0.717, 1.165) is 36.4 Å². The summed E-state index contributed by atoms with van der Waals surface area (Å²) in [5, 5.41) is 12.1. The van der Waals surface area contributed by atoms with Gasteiger partial charge in [0.1, 0.15) is 0 Å². The molecule has 1 aromatic carbocycles. The first-order valence-corrected chi connectivity index (χ1v) is 12.3. The van der Waals surface area contributed by atoms with E-state index in [0.29, 0.717) is 25.0 Å². The van der Waals surface area contributed by atoms with Gasteiger partial charge in [-0.2, -0.15) is 8.42 Å². The van der Waals surface area contributed by atoms with Crippen molar-refractivity contribution in [3.05, 3.63) is 23.3 Å². The molecule has 0 aromatic heterocycles. The maximum absolute atomic E-state index is 12.9. The predicted molar refractivity (Wildman–Crippen MR) is 104 cm³/mol. The Morgan fingerprint density at radius 1 is 1.31 bits per heavy atom. The summed E-state index contributed by atoms with van der Waals surface area (Å²) >= 11 is 0. The average molecular weight is 419 g/mol. The van der Waals surface area contributed by atoms with Crippen LogP contribution in [0.15, 0.2) is 12.1 Å². The molecule has 156 valence electrons. The van der Waals surface area contributed by atoms with Gasteiger partial charge in [-0.05, 0) is 56.2 Å². The lowest BCUT2D eigenvalue weighted by Gasteiger charge is -2.62. The standard InChI is InChI=1S/C21H25NO6S/c1-29(25,26)28-15-5-4-13-10-16-21(24)7-6-14(23)19-20(21,17(13)18(15)27-19)8-9-22(16)11-12-2-3-12/h4-5,12,16,19,24H,2-3,6-11H2,1H3/t16-,19+,20+,21-/m1/s1. The van der Waals surface area contributed by atoms with E-state index in [2.05, 4.69) is 4.90 Å². The third-order valence-corrected chi connectivity index (χ3v) is 8.27. The quantitative estimate of drug-likeness (QED) is 0.732. The van der Waals surface area contributed by atoms with Gasteiger partial charge in [-0.3, -0.25) is 9.69 Å². The number of nitrogens with zero attached hydrogens (tertiary/aromatic N) is 1. The van der Waals surface area contributed by atoms with Gasteiger partial charge in [0.15, 0.2) is 23.4 Å². The normalized spacial score (nSPS) is 37.8. The molecule has 1 spiro atoms. The maximum Gasteiger partial charge on any atom is 0.306 e. The highest BCUT2D eigenvalue weighted by atomic mass is 32.2. The molecule has 1 aromatic rings. The van der Waals surface area contributed by atoms with E-state index in [1.165, 1.54) is 12.8 Å². The van der Waals surface area contributed by atoms with Crippen molar-refractivity contribution in [3.63, 3.8) is 0 Å². The molecule has 1 N–H and O–H groups in total. The van der Waals surface area contributed by atoms with Crippen LogP contribution in [0.4, 0.5) is 0 Å². The van der Waals surface area contributed by atoms with Crippen LogP contribution in [0.5, 0.6) is 11.5 Å². The van der Waals surface area contributed by atoms with Crippen molar-refractivity contribution in [3.8, 4) is 11.5 Å². The van der Waals surface area contributed by atoms with E-state index < -0.39 is 27.2 Å². The number of likely N-dealkylation sites (tertiary alicyclic amines) is 1. The second-order valence-electron chi connectivity index (χ2n) is 9.48. The Morgan fingerprint density at radius 3 is 2.83 bits per heavy atom. The highest BCUT2D eigenvalue weighted by Gasteiger charge is 2.73. The number of Topliss-reactive ketones (excluding diaryl/α,β-unsaturated/α-hetero) is 1. The lowest BCUT2D eigenvalue weighted by molar-refractivity contribution is -0.188. The highest BCUT2D eigenvalue weighted by molar-refractivity contribution is 7.86. The number of hydrogen-bond acceptors (Lipinski definition) is 7. The molecule has 2 bridgehead atoms. The lowest BCUT2D eigenvalue weighted by Crippen LogP contribution is -2.76. The summed E-state index contributed by atoms with van der Waals surface area (Å²) < 4.78 is 34.9. The number of ketones is 1. The summed E-state index contributed by atoms with van der Waals surface area (Å²) in [5.74, 6) is 1.15. The van der Waals surface area contributed by atoms with Crippen molar-refractivity contribution in [1.82, 2.24) is 4.90 Å². The molecule has 3 fully saturated rings. The zero-order chi connectivity index (χ0) is 20.2. The van der Waals surface area contributed by atoms with Crippen molar-refractivity contribution in [2.75, 3.05) is 19.3 Å². The van der Waals surface area contributed by atoms with Gasteiger partial charge in [-0.15, -0.1) is 0 Å². The van der Waals surface area contributed by atoms with Crippen LogP contribution in [-0.2, 0) is 26.7 Å². The zero-order valence-electron chi connectivity index (χ0n) is 16.4. The number of ether oxygens (including phenoxy) is 1. The van der Waals surface area contributed by atoms with Gasteiger partial charge in [-0.25, -0.2) is 0 Å². The summed E-state index contributed by atoms with van der Waals surface area (Å²) in [6, 6.07) is 3.47. The Balaban J connectivity index is 1.54. The molecule has 5 aliphatic rings. The van der Waals surface area contributed by atoms with Gasteiger partial charge in [-0.1, -0.05) is 6.07 Å². The molecule has 2 saturated carbocycles. The topological polar surface area (TPSA) is 93.1 Å². The molecule has 4 atom stereocenters. The summed E-state index contributed by atoms with van der Waals surface area (Å²) in [7, 11) is -3.74. The van der Waals surface area contributed by atoms with Crippen LogP contribution in [-0.4, -0.2) is 61.3 Å². The summed E-state index contributed by atoms with van der Waals surface area (Å²) in [4.78, 5) is 15.3. The van der Waals surface area contributed by atoms with Crippen LogP contribution in [0.1, 0.15) is 43.2 Å². The minimum absolute atomic E-state index is 0.0153. The van der Waals surface area contributed by atoms with Gasteiger partial charge < -0.3 is 14.0 Å². The van der Waals surface area contributed by atoms with Crippen LogP contribution in [0.3, 0.4) is 0 Å². The fraction of sp³-hybridized carbons (Fsp3) is 0.667. The first-order valence-electron chi connectivity index (χ1n) is 10.4. The second kappa shape index (κ2) is 5.53. The molecule has 1 saturated heterocycles. The fourth-order valence-electron chi connectivity index (χ4n) is 6.48. The number of hydrogen-bond donors (Lipinski definition) is 1. The first kappa shape index (κ1) is 18.2. The third-order valence-electron chi connectivity index (χ3n) is 7.78. The molecule has 7 nitrogen and oxygen atoms in total. The highest BCUT2D eigenvalue weighted by Crippen LogP contribution is 2.65. The Kier molecular flexibility index (Phi) is 3.46. The first-order chi connectivity index (χ1) is 13.7. The molecule has 6 rings (SSSR count). The van der Waals surface area contributed by atoms with E-state index >= 15 is 0 Å².